The Hall–Kier alpha value is -1.10. The molecule has 1 aliphatic carbocycles. The maximum absolute atomic E-state index is 12.3. The summed E-state index contributed by atoms with van der Waals surface area (Å²) < 4.78 is 0. The number of piperidine rings is 1. The summed E-state index contributed by atoms with van der Waals surface area (Å²) >= 11 is 0. The molecule has 120 valence electrons. The number of rotatable bonds is 7. The van der Waals surface area contributed by atoms with E-state index in [1.165, 1.54) is 25.7 Å². The summed E-state index contributed by atoms with van der Waals surface area (Å²) in [5.74, 6) is 0.639. The number of carbonyl (C=O) groups excluding carboxylic acids is 1. The lowest BCUT2D eigenvalue weighted by Gasteiger charge is -2.33. The van der Waals surface area contributed by atoms with E-state index in [1.807, 2.05) is 4.90 Å². The van der Waals surface area contributed by atoms with Crippen molar-refractivity contribution in [3.05, 3.63) is 0 Å². The minimum Gasteiger partial charge on any atom is -0.480 e. The van der Waals surface area contributed by atoms with E-state index in [0.29, 0.717) is 24.8 Å². The fourth-order valence-electron chi connectivity index (χ4n) is 3.63. The van der Waals surface area contributed by atoms with Crippen molar-refractivity contribution in [1.29, 1.82) is 0 Å². The first-order valence-corrected chi connectivity index (χ1v) is 8.35. The van der Waals surface area contributed by atoms with Gasteiger partial charge in [0.1, 0.15) is 0 Å². The summed E-state index contributed by atoms with van der Waals surface area (Å²) in [6.07, 6.45) is 9.13. The van der Waals surface area contributed by atoms with E-state index in [-0.39, 0.29) is 6.54 Å². The monoisotopic (exact) mass is 296 g/mol. The molecule has 1 unspecified atom stereocenters. The van der Waals surface area contributed by atoms with Crippen molar-refractivity contribution < 1.29 is 14.7 Å². The fraction of sp³-hybridized carbons (Fsp3) is 0.875. The van der Waals surface area contributed by atoms with Crippen molar-refractivity contribution >= 4 is 11.9 Å². The van der Waals surface area contributed by atoms with Crippen molar-refractivity contribution in [2.75, 3.05) is 26.2 Å². The Morgan fingerprint density at radius 3 is 2.52 bits per heavy atom. The van der Waals surface area contributed by atoms with Crippen LogP contribution in [-0.4, -0.2) is 48.1 Å². The molecule has 5 nitrogen and oxygen atoms in total. The van der Waals surface area contributed by atoms with E-state index in [2.05, 4.69) is 5.32 Å². The van der Waals surface area contributed by atoms with Crippen LogP contribution < -0.4 is 5.32 Å². The van der Waals surface area contributed by atoms with Gasteiger partial charge in [-0.2, -0.15) is 0 Å². The Labute approximate surface area is 127 Å². The molecule has 0 bridgehead atoms. The van der Waals surface area contributed by atoms with E-state index >= 15 is 0 Å². The predicted octanol–water partition coefficient (Wildman–Crippen LogP) is 1.87. The first kappa shape index (κ1) is 16.3. The van der Waals surface area contributed by atoms with E-state index in [1.54, 1.807) is 0 Å². The number of amides is 1. The summed E-state index contributed by atoms with van der Waals surface area (Å²) in [7, 11) is 0. The van der Waals surface area contributed by atoms with Crippen molar-refractivity contribution in [3.8, 4) is 0 Å². The molecule has 21 heavy (non-hydrogen) atoms. The molecule has 1 amide bonds. The molecule has 0 aromatic heterocycles. The Morgan fingerprint density at radius 2 is 1.81 bits per heavy atom. The first-order valence-electron chi connectivity index (χ1n) is 8.35. The van der Waals surface area contributed by atoms with Gasteiger partial charge in [0, 0.05) is 26.1 Å². The van der Waals surface area contributed by atoms with Crippen molar-refractivity contribution in [2.24, 2.45) is 11.8 Å². The largest absolute Gasteiger partial charge is 0.480 e. The van der Waals surface area contributed by atoms with E-state index in [4.69, 9.17) is 5.11 Å². The molecule has 0 spiro atoms. The van der Waals surface area contributed by atoms with Crippen LogP contribution in [0.4, 0.5) is 0 Å². The second kappa shape index (κ2) is 8.37. The van der Waals surface area contributed by atoms with Crippen LogP contribution in [0.5, 0.6) is 0 Å². The van der Waals surface area contributed by atoms with Crippen LogP contribution in [0.25, 0.3) is 0 Å². The highest BCUT2D eigenvalue weighted by molar-refractivity contribution is 5.76. The van der Waals surface area contributed by atoms with Gasteiger partial charge >= 0.3 is 5.97 Å². The van der Waals surface area contributed by atoms with Gasteiger partial charge in [-0.1, -0.05) is 25.7 Å². The van der Waals surface area contributed by atoms with Crippen LogP contribution in [0.15, 0.2) is 0 Å². The van der Waals surface area contributed by atoms with Gasteiger partial charge in [0.2, 0.25) is 5.91 Å². The highest BCUT2D eigenvalue weighted by Crippen LogP contribution is 2.29. The van der Waals surface area contributed by atoms with Crippen molar-refractivity contribution in [2.45, 2.75) is 51.4 Å². The molecule has 5 heteroatoms. The van der Waals surface area contributed by atoms with Crippen LogP contribution in [0.3, 0.4) is 0 Å². The lowest BCUT2D eigenvalue weighted by molar-refractivity contribution is -0.136. The average molecular weight is 296 g/mol. The van der Waals surface area contributed by atoms with Crippen molar-refractivity contribution in [3.63, 3.8) is 0 Å². The summed E-state index contributed by atoms with van der Waals surface area (Å²) in [6, 6.07) is 0. The number of nitrogens with one attached hydrogen (secondary N) is 1. The molecule has 1 heterocycles. The zero-order valence-corrected chi connectivity index (χ0v) is 12.9. The molecule has 1 atom stereocenters. The molecule has 2 N–H and O–H groups in total. The average Bonchev–Trinajstić information content (AvgIpc) is 2.98. The highest BCUT2D eigenvalue weighted by Gasteiger charge is 2.24. The smallest absolute Gasteiger partial charge is 0.317 e. The molecule has 1 saturated carbocycles. The van der Waals surface area contributed by atoms with Gasteiger partial charge in [0.15, 0.2) is 0 Å². The van der Waals surface area contributed by atoms with E-state index < -0.39 is 5.97 Å². The quantitative estimate of drug-likeness (QED) is 0.752. The Kier molecular flexibility index (Phi) is 6.49. The van der Waals surface area contributed by atoms with Gasteiger partial charge in [-0.05, 0) is 31.1 Å². The number of nitrogens with zero attached hydrogens (tertiary/aromatic N) is 1. The standard InChI is InChI=1S/C16H28N2O3/c19-15(8-7-13-4-1-2-5-13)18-9-3-6-14(12-18)10-17-11-16(20)21/h13-14,17H,1-12H2,(H,20,21). The Balaban J connectivity index is 1.66. The molecular weight excluding hydrogens is 268 g/mol. The summed E-state index contributed by atoms with van der Waals surface area (Å²) in [5, 5.41) is 11.6. The number of likely N-dealkylation sites (tertiary alicyclic amines) is 1. The minimum absolute atomic E-state index is 0.00608. The molecular formula is C16H28N2O3. The Morgan fingerprint density at radius 1 is 1.10 bits per heavy atom. The van der Waals surface area contributed by atoms with Gasteiger partial charge in [0.05, 0.1) is 6.54 Å². The third-order valence-electron chi connectivity index (χ3n) is 4.82. The van der Waals surface area contributed by atoms with E-state index in [9.17, 15) is 9.59 Å². The summed E-state index contributed by atoms with van der Waals surface area (Å²) in [5.41, 5.74) is 0. The first-order chi connectivity index (χ1) is 10.1. The van der Waals surface area contributed by atoms with Gasteiger partial charge in [0.25, 0.3) is 0 Å². The predicted molar refractivity (Wildman–Crippen MR) is 81.0 cm³/mol. The molecule has 0 aromatic rings. The second-order valence-corrected chi connectivity index (χ2v) is 6.56. The molecule has 1 aliphatic heterocycles. The number of aliphatic carboxylic acids is 1. The molecule has 1 saturated heterocycles. The number of hydrogen-bond donors (Lipinski definition) is 2. The number of hydrogen-bond acceptors (Lipinski definition) is 3. The SMILES string of the molecule is O=C(O)CNCC1CCCN(C(=O)CCC2CCCC2)C1. The highest BCUT2D eigenvalue weighted by atomic mass is 16.4. The zero-order valence-electron chi connectivity index (χ0n) is 12.9. The van der Waals surface area contributed by atoms with Crippen LogP contribution in [-0.2, 0) is 9.59 Å². The fourth-order valence-corrected chi connectivity index (χ4v) is 3.63. The zero-order chi connectivity index (χ0) is 15.1. The number of carbonyl (C=O) groups is 2. The van der Waals surface area contributed by atoms with Gasteiger partial charge in [-0.3, -0.25) is 9.59 Å². The van der Waals surface area contributed by atoms with Crippen LogP contribution in [0.1, 0.15) is 51.4 Å². The maximum atomic E-state index is 12.3. The topological polar surface area (TPSA) is 69.6 Å². The molecule has 2 rings (SSSR count). The molecule has 0 radical (unpaired) electrons. The molecule has 0 aromatic carbocycles. The third kappa shape index (κ3) is 5.65. The minimum atomic E-state index is -0.824. The third-order valence-corrected chi connectivity index (χ3v) is 4.82. The molecule has 2 aliphatic rings. The van der Waals surface area contributed by atoms with Gasteiger partial charge in [-0.25, -0.2) is 0 Å². The van der Waals surface area contributed by atoms with Crippen LogP contribution in [0, 0.1) is 11.8 Å². The van der Waals surface area contributed by atoms with E-state index in [0.717, 1.165) is 38.3 Å². The molecule has 2 fully saturated rings. The number of carboxylic acids is 1. The summed E-state index contributed by atoms with van der Waals surface area (Å²) in [4.78, 5) is 24.8. The van der Waals surface area contributed by atoms with Gasteiger partial charge in [-0.15, -0.1) is 0 Å². The Bertz CT molecular complexity index is 353. The lowest BCUT2D eigenvalue weighted by atomic mass is 9.96. The van der Waals surface area contributed by atoms with Gasteiger partial charge < -0.3 is 15.3 Å². The lowest BCUT2D eigenvalue weighted by Crippen LogP contribution is -2.43. The van der Waals surface area contributed by atoms with Crippen LogP contribution in [0.2, 0.25) is 0 Å². The van der Waals surface area contributed by atoms with Crippen LogP contribution >= 0.6 is 0 Å². The number of carboxylic acid groups (broad SMARTS) is 1. The van der Waals surface area contributed by atoms with Crippen molar-refractivity contribution in [1.82, 2.24) is 10.2 Å². The maximum Gasteiger partial charge on any atom is 0.317 e. The second-order valence-electron chi connectivity index (χ2n) is 6.56. The summed E-state index contributed by atoms with van der Waals surface area (Å²) in [6.45, 7) is 2.36. The normalized spacial score (nSPS) is 23.4.